The molecule has 111 heavy (non-hydrogen) atoms. The average molecular weight is 1630 g/mol. The summed E-state index contributed by atoms with van der Waals surface area (Å²) in [6.45, 7) is 9.09. The van der Waals surface area contributed by atoms with Gasteiger partial charge >= 0.3 is 11.4 Å². The fraction of sp³-hybridized carbons (Fsp3) is 0.347. The Bertz CT molecular complexity index is 5230. The van der Waals surface area contributed by atoms with Crippen LogP contribution in [0.25, 0.3) is 11.0 Å². The van der Waals surface area contributed by atoms with E-state index < -0.39 is 108 Å². The summed E-state index contributed by atoms with van der Waals surface area (Å²) in [4.78, 5) is 34.8. The van der Waals surface area contributed by atoms with Crippen LogP contribution in [-0.4, -0.2) is 156 Å². The number of hydrogen-bond acceptors (Lipinski definition) is 23. The predicted octanol–water partition coefficient (Wildman–Crippen LogP) is 12.2. The molecule has 0 saturated heterocycles. The van der Waals surface area contributed by atoms with E-state index in [0.717, 1.165) is 36.3 Å². The molecular formula is C75H89F5N6O21S4. The Morgan fingerprint density at radius 1 is 0.432 bits per heavy atom. The SMILES string of the molecule is CCOc1cc([C@@H](CS(C)(=O)=O)n2c(=O)[nH]c3cc(F)ccc32)ccc1OC.CCOc1cc([C@H](Cc2ccc(F)cc2N)CS(C)(=O)=O)ccc1OC.CCOc1cc([C@H](Cc2ccc(F)cc2[N+](=O)[O-])CS(C)(=O)=O)ccc1OC.CCOc1cc([C@H](N)CS(C)(=O)=O)ccc1OC.O=[N+]([O-])c1cc(F)ccc1F. The number of ether oxygens (including phenoxy) is 8. The van der Waals surface area contributed by atoms with Crippen LogP contribution in [0.1, 0.15) is 85.0 Å². The van der Waals surface area contributed by atoms with Crippen molar-refractivity contribution in [3.63, 3.8) is 0 Å². The lowest BCUT2D eigenvalue weighted by molar-refractivity contribution is -0.387. The number of H-pyrrole nitrogens is 1. The molecule has 0 aliphatic carbocycles. The van der Waals surface area contributed by atoms with Gasteiger partial charge in [-0.15, -0.1) is 0 Å². The monoisotopic (exact) mass is 1630 g/mol. The van der Waals surface area contributed by atoms with E-state index in [2.05, 4.69) is 4.98 Å². The molecule has 1 heterocycles. The molecule has 0 aliphatic heterocycles. The fourth-order valence-electron chi connectivity index (χ4n) is 11.3. The van der Waals surface area contributed by atoms with Crippen LogP contribution in [0, 0.1) is 49.3 Å². The van der Waals surface area contributed by atoms with Crippen molar-refractivity contribution >= 4 is 67.4 Å². The first-order valence-electron chi connectivity index (χ1n) is 33.7. The number of aromatic nitrogens is 2. The summed E-state index contributed by atoms with van der Waals surface area (Å²) in [5.41, 5.74) is 14.7. The zero-order valence-electron chi connectivity index (χ0n) is 62.8. The number of hydrogen-bond donors (Lipinski definition) is 3. The highest BCUT2D eigenvalue weighted by molar-refractivity contribution is 7.91. The summed E-state index contributed by atoms with van der Waals surface area (Å²) in [5.74, 6) is -0.900. The molecule has 0 spiro atoms. The first-order chi connectivity index (χ1) is 52.1. The summed E-state index contributed by atoms with van der Waals surface area (Å²) < 4.78 is 204. The summed E-state index contributed by atoms with van der Waals surface area (Å²) in [6, 6.07) is 32.6. The van der Waals surface area contributed by atoms with Crippen molar-refractivity contribution in [3.05, 3.63) is 239 Å². The molecule has 5 N–H and O–H groups in total. The lowest BCUT2D eigenvalue weighted by Gasteiger charge is -2.20. The molecule has 1 aromatic heterocycles. The van der Waals surface area contributed by atoms with Gasteiger partial charge in [0.05, 0.1) is 117 Å². The second-order valence-corrected chi connectivity index (χ2v) is 33.6. The van der Waals surface area contributed by atoms with Crippen molar-refractivity contribution in [3.8, 4) is 46.0 Å². The second kappa shape index (κ2) is 41.5. The molecule has 0 aliphatic rings. The van der Waals surface area contributed by atoms with Gasteiger partial charge in [-0.25, -0.2) is 56.0 Å². The molecule has 0 radical (unpaired) electrons. The molecule has 0 bridgehead atoms. The number of nitrogens with one attached hydrogen (secondary N) is 1. The highest BCUT2D eigenvalue weighted by Crippen LogP contribution is 2.38. The summed E-state index contributed by atoms with van der Waals surface area (Å²) >= 11 is 0. The number of anilines is 1. The van der Waals surface area contributed by atoms with E-state index >= 15 is 0 Å². The van der Waals surface area contributed by atoms with Crippen LogP contribution < -0.4 is 55.1 Å². The third-order valence-electron chi connectivity index (χ3n) is 16.0. The van der Waals surface area contributed by atoms with Crippen molar-refractivity contribution in [1.29, 1.82) is 0 Å². The summed E-state index contributed by atoms with van der Waals surface area (Å²) in [5, 5.41) is 21.3. The number of imidazole rings is 1. The van der Waals surface area contributed by atoms with E-state index in [1.807, 2.05) is 33.8 Å². The van der Waals surface area contributed by atoms with E-state index in [-0.39, 0.29) is 46.6 Å². The molecule has 0 fully saturated rings. The number of nitro groups is 2. The zero-order chi connectivity index (χ0) is 82.9. The van der Waals surface area contributed by atoms with Gasteiger partial charge in [0.15, 0.2) is 46.0 Å². The van der Waals surface area contributed by atoms with Gasteiger partial charge in [0.2, 0.25) is 5.82 Å². The van der Waals surface area contributed by atoms with Crippen molar-refractivity contribution in [2.24, 2.45) is 5.73 Å². The minimum Gasteiger partial charge on any atom is -0.493 e. The van der Waals surface area contributed by atoms with Crippen molar-refractivity contribution in [2.45, 2.75) is 64.5 Å². The summed E-state index contributed by atoms with van der Waals surface area (Å²) in [7, 11) is -7.10. The molecule has 0 unspecified atom stereocenters. The largest absolute Gasteiger partial charge is 0.493 e. The maximum atomic E-state index is 13.5. The van der Waals surface area contributed by atoms with Gasteiger partial charge in [0, 0.05) is 54.2 Å². The highest BCUT2D eigenvalue weighted by Gasteiger charge is 2.28. The Morgan fingerprint density at radius 2 is 0.784 bits per heavy atom. The molecule has 4 atom stereocenters. The number of methoxy groups -OCH3 is 4. The Balaban J connectivity index is 0.000000255. The number of halogens is 5. The third-order valence-corrected chi connectivity index (χ3v) is 19.9. The van der Waals surface area contributed by atoms with E-state index in [0.29, 0.717) is 130 Å². The number of nitro benzene ring substituents is 2. The maximum Gasteiger partial charge on any atom is 0.327 e. The van der Waals surface area contributed by atoms with Crippen molar-refractivity contribution in [2.75, 3.05) is 109 Å². The van der Waals surface area contributed by atoms with Crippen LogP contribution in [-0.2, 0) is 52.2 Å². The molecule has 8 aromatic carbocycles. The normalized spacial score (nSPS) is 12.4. The van der Waals surface area contributed by atoms with Crippen LogP contribution in [0.5, 0.6) is 46.0 Å². The lowest BCUT2D eigenvalue weighted by atomic mass is 9.92. The van der Waals surface area contributed by atoms with E-state index in [1.54, 1.807) is 87.0 Å². The van der Waals surface area contributed by atoms with Crippen molar-refractivity contribution in [1.82, 2.24) is 9.55 Å². The number of nitrogens with zero attached hydrogens (tertiary/aromatic N) is 3. The van der Waals surface area contributed by atoms with Gasteiger partial charge in [-0.1, -0.05) is 30.3 Å². The topological polar surface area (TPSA) is 387 Å². The van der Waals surface area contributed by atoms with Crippen LogP contribution in [0.15, 0.2) is 150 Å². The Morgan fingerprint density at radius 3 is 1.18 bits per heavy atom. The van der Waals surface area contributed by atoms with E-state index in [9.17, 15) is 80.6 Å². The van der Waals surface area contributed by atoms with Gasteiger partial charge in [0.25, 0.3) is 5.69 Å². The fourth-order valence-corrected chi connectivity index (χ4v) is 15.1. The molecular weight excluding hydrogens is 1540 g/mol. The van der Waals surface area contributed by atoms with Crippen LogP contribution >= 0.6 is 0 Å². The quantitative estimate of drug-likeness (QED) is 0.0157. The van der Waals surface area contributed by atoms with Crippen LogP contribution in [0.2, 0.25) is 0 Å². The van der Waals surface area contributed by atoms with Crippen LogP contribution in [0.4, 0.5) is 39.0 Å². The number of nitrogen functional groups attached to an aromatic ring is 1. The summed E-state index contributed by atoms with van der Waals surface area (Å²) in [6.07, 6.45) is 5.00. The number of aromatic amines is 1. The van der Waals surface area contributed by atoms with Crippen LogP contribution in [0.3, 0.4) is 0 Å². The van der Waals surface area contributed by atoms with Gasteiger partial charge in [0.1, 0.15) is 62.6 Å². The second-order valence-electron chi connectivity index (χ2n) is 24.9. The molecule has 9 aromatic rings. The third kappa shape index (κ3) is 28.7. The molecule has 27 nitrogen and oxygen atoms in total. The van der Waals surface area contributed by atoms with Gasteiger partial charge in [-0.3, -0.25) is 24.8 Å². The Hall–Kier alpha value is -10.6. The smallest absolute Gasteiger partial charge is 0.327 e. The first kappa shape index (κ1) is 91.1. The van der Waals surface area contributed by atoms with E-state index in [1.165, 1.54) is 67.7 Å². The number of rotatable bonds is 31. The average Bonchev–Trinajstić information content (AvgIpc) is 1.52. The number of fused-ring (bicyclic) bond motifs is 1. The van der Waals surface area contributed by atoms with E-state index in [4.69, 9.17) is 49.4 Å². The minimum absolute atomic E-state index is 0.0539. The highest BCUT2D eigenvalue weighted by atomic mass is 32.2. The number of sulfone groups is 4. The Kier molecular flexibility index (Phi) is 34.0. The molecule has 36 heteroatoms. The molecule has 0 saturated carbocycles. The first-order valence-corrected chi connectivity index (χ1v) is 42.0. The Labute approximate surface area is 640 Å². The van der Waals surface area contributed by atoms with Gasteiger partial charge in [-0.2, -0.15) is 4.39 Å². The lowest BCUT2D eigenvalue weighted by Crippen LogP contribution is -2.28. The molecule has 0 amide bonds. The predicted molar refractivity (Wildman–Crippen MR) is 413 cm³/mol. The molecule has 9 rings (SSSR count). The van der Waals surface area contributed by atoms with Crippen molar-refractivity contribution < 1.29 is 103 Å². The zero-order valence-corrected chi connectivity index (χ0v) is 66.1. The standard InChI is InChI=1S/C19H21FN2O5S.C19H22FNO6S.C19H24FNO4S.C12H19NO4S.C6H3F2NO2/c1-4-27-18-9-12(5-8-17(18)26-2)16(11-28(3,24)25)22-15-7-6-13(20)10-14(15)21-19(22)23;1-4-27-19-10-13(6-8-18(19)26-2)15(12-28(3,24)25)9-14-5-7-16(20)11-17(14)21(22)23;1-4-25-19-10-13(6-8-18(19)24-2)15(12-26(3,22)23)9-14-5-7-16(20)11-17(14)21;1-4-17-12-7-9(5-6-11(12)16-2)10(13)8-18(3,14)15;7-4-1-2-5(8)6(3-4)9(10)11/h5-10,16H,4,11H2,1-3H3,(H,21,23);5-8,10-11,15H,4,9,12H2,1-3H3;5-8,10-11,15H,4,9,12,21H2,1-3H3;5-7,10H,4,8,13H2,1-3H3;1-3H/t16-;2*15-;10-;/m1111./s1. The maximum absolute atomic E-state index is 13.5. The minimum atomic E-state index is -3.45. The number of benzene rings is 8. The van der Waals surface area contributed by atoms with Gasteiger partial charge in [-0.05, 0) is 171 Å². The van der Waals surface area contributed by atoms with Gasteiger partial charge < -0.3 is 54.3 Å². The molecule has 604 valence electrons. The number of nitrogens with two attached hydrogens (primary N) is 2.